The summed E-state index contributed by atoms with van der Waals surface area (Å²) in [5.41, 5.74) is 0. The number of amides is 1. The zero-order valence-electron chi connectivity index (χ0n) is 39.3. The van der Waals surface area contributed by atoms with Crippen LogP contribution in [0.2, 0.25) is 0 Å². The Hall–Kier alpha value is -2.17. The van der Waals surface area contributed by atoms with Gasteiger partial charge < -0.3 is 15.5 Å². The monoisotopic (exact) mass is 822 g/mol. The van der Waals surface area contributed by atoms with Gasteiger partial charge in [-0.1, -0.05) is 241 Å². The van der Waals surface area contributed by atoms with Crippen LogP contribution in [0.3, 0.4) is 0 Å². The SMILES string of the molecule is CC/C=C\C/C=C\C/C=C\CCCCCCCCCC(=O)NC(CO)C(O)/C=C/CC/C=C/CC/C=C/CCCCCCCCCCCCCCCCCCCCCC. The lowest BCUT2D eigenvalue weighted by molar-refractivity contribution is -0.123. The van der Waals surface area contributed by atoms with Crippen LogP contribution < -0.4 is 5.32 Å². The van der Waals surface area contributed by atoms with Crippen LogP contribution in [0, 0.1) is 0 Å². The molecule has 0 rings (SSSR count). The van der Waals surface area contributed by atoms with Gasteiger partial charge in [-0.15, -0.1) is 0 Å². The summed E-state index contributed by atoms with van der Waals surface area (Å²) >= 11 is 0. The lowest BCUT2D eigenvalue weighted by Gasteiger charge is -2.19. The summed E-state index contributed by atoms with van der Waals surface area (Å²) in [6, 6.07) is -0.655. The number of carbonyl (C=O) groups is 1. The molecule has 4 nitrogen and oxygen atoms in total. The Bertz CT molecular complexity index is 1020. The molecule has 342 valence electrons. The van der Waals surface area contributed by atoms with Gasteiger partial charge in [0.2, 0.25) is 5.91 Å². The van der Waals surface area contributed by atoms with Crippen LogP contribution in [0.15, 0.2) is 72.9 Å². The molecule has 2 atom stereocenters. The van der Waals surface area contributed by atoms with Gasteiger partial charge in [0.05, 0.1) is 18.8 Å². The molecule has 0 aromatic carbocycles. The maximum Gasteiger partial charge on any atom is 0.220 e. The average Bonchev–Trinajstić information content (AvgIpc) is 3.24. The number of aliphatic hydroxyl groups is 2. The molecular formula is C55H99NO3. The summed E-state index contributed by atoms with van der Waals surface area (Å²) in [7, 11) is 0. The zero-order valence-corrected chi connectivity index (χ0v) is 39.3. The van der Waals surface area contributed by atoms with Gasteiger partial charge in [-0.25, -0.2) is 0 Å². The number of rotatable bonds is 46. The average molecular weight is 822 g/mol. The fourth-order valence-corrected chi connectivity index (χ4v) is 7.52. The molecule has 0 radical (unpaired) electrons. The van der Waals surface area contributed by atoms with E-state index in [1.807, 2.05) is 6.08 Å². The summed E-state index contributed by atoms with van der Waals surface area (Å²) in [6.45, 7) is 4.19. The molecule has 0 aliphatic carbocycles. The van der Waals surface area contributed by atoms with Gasteiger partial charge in [0.15, 0.2) is 0 Å². The van der Waals surface area contributed by atoms with Crippen molar-refractivity contribution in [3.05, 3.63) is 72.9 Å². The van der Waals surface area contributed by atoms with Gasteiger partial charge in [-0.05, 0) is 77.0 Å². The molecule has 0 heterocycles. The highest BCUT2D eigenvalue weighted by Crippen LogP contribution is 2.16. The molecular weight excluding hydrogens is 723 g/mol. The van der Waals surface area contributed by atoms with Crippen LogP contribution >= 0.6 is 0 Å². The first-order chi connectivity index (χ1) is 29.2. The van der Waals surface area contributed by atoms with Gasteiger partial charge in [0.25, 0.3) is 0 Å². The third kappa shape index (κ3) is 46.7. The van der Waals surface area contributed by atoms with E-state index in [0.717, 1.165) is 70.6 Å². The van der Waals surface area contributed by atoms with Crippen LogP contribution in [-0.4, -0.2) is 34.9 Å². The fourth-order valence-electron chi connectivity index (χ4n) is 7.52. The number of carbonyl (C=O) groups excluding carboxylic acids is 1. The topological polar surface area (TPSA) is 69.6 Å². The first-order valence-corrected chi connectivity index (χ1v) is 25.7. The van der Waals surface area contributed by atoms with Crippen molar-refractivity contribution < 1.29 is 15.0 Å². The van der Waals surface area contributed by atoms with E-state index in [0.29, 0.717) is 6.42 Å². The number of aliphatic hydroxyl groups excluding tert-OH is 2. The number of hydrogen-bond acceptors (Lipinski definition) is 3. The Labute approximate surface area is 368 Å². The fraction of sp³-hybridized carbons (Fsp3) is 0.764. The Balaban J connectivity index is 3.59. The van der Waals surface area contributed by atoms with E-state index < -0.39 is 12.1 Å². The van der Waals surface area contributed by atoms with Crippen molar-refractivity contribution in [3.63, 3.8) is 0 Å². The number of unbranched alkanes of at least 4 members (excludes halogenated alkanes) is 29. The van der Waals surface area contributed by atoms with Crippen molar-refractivity contribution in [2.75, 3.05) is 6.61 Å². The normalized spacial score (nSPS) is 13.5. The van der Waals surface area contributed by atoms with Crippen molar-refractivity contribution in [1.29, 1.82) is 0 Å². The van der Waals surface area contributed by atoms with Crippen molar-refractivity contribution >= 4 is 5.91 Å². The minimum Gasteiger partial charge on any atom is -0.394 e. The van der Waals surface area contributed by atoms with E-state index in [-0.39, 0.29) is 12.5 Å². The van der Waals surface area contributed by atoms with Crippen molar-refractivity contribution in [2.45, 2.75) is 264 Å². The minimum absolute atomic E-state index is 0.0896. The second-order valence-electron chi connectivity index (χ2n) is 17.2. The second kappa shape index (κ2) is 50.2. The summed E-state index contributed by atoms with van der Waals surface area (Å²) in [5, 5.41) is 23.1. The smallest absolute Gasteiger partial charge is 0.220 e. The van der Waals surface area contributed by atoms with Gasteiger partial charge in [-0.3, -0.25) is 4.79 Å². The molecule has 0 saturated heterocycles. The van der Waals surface area contributed by atoms with E-state index in [1.54, 1.807) is 6.08 Å². The molecule has 0 fully saturated rings. The Morgan fingerprint density at radius 1 is 0.424 bits per heavy atom. The Morgan fingerprint density at radius 3 is 1.19 bits per heavy atom. The summed E-state index contributed by atoms with van der Waals surface area (Å²) in [4.78, 5) is 12.4. The molecule has 0 aliphatic heterocycles. The maximum absolute atomic E-state index is 12.4. The molecule has 4 heteroatoms. The van der Waals surface area contributed by atoms with Crippen molar-refractivity contribution in [3.8, 4) is 0 Å². The Kier molecular flexibility index (Phi) is 48.3. The van der Waals surface area contributed by atoms with Crippen LogP contribution in [0.5, 0.6) is 0 Å². The Morgan fingerprint density at radius 2 is 0.763 bits per heavy atom. The molecule has 1 amide bonds. The summed E-state index contributed by atoms with van der Waals surface area (Å²) < 4.78 is 0. The highest BCUT2D eigenvalue weighted by Gasteiger charge is 2.17. The van der Waals surface area contributed by atoms with Crippen molar-refractivity contribution in [1.82, 2.24) is 5.32 Å². The molecule has 0 spiro atoms. The zero-order chi connectivity index (χ0) is 42.8. The van der Waals surface area contributed by atoms with E-state index in [1.165, 1.54) is 161 Å². The van der Waals surface area contributed by atoms with Crippen molar-refractivity contribution in [2.24, 2.45) is 0 Å². The molecule has 0 bridgehead atoms. The third-order valence-corrected chi connectivity index (χ3v) is 11.4. The molecule has 0 aromatic heterocycles. The largest absolute Gasteiger partial charge is 0.394 e. The molecule has 0 aromatic rings. The molecule has 2 unspecified atom stereocenters. The van der Waals surface area contributed by atoms with Crippen LogP contribution in [0.25, 0.3) is 0 Å². The van der Waals surface area contributed by atoms with E-state index in [4.69, 9.17) is 0 Å². The van der Waals surface area contributed by atoms with Crippen LogP contribution in [0.1, 0.15) is 251 Å². The molecule has 0 saturated carbocycles. The first-order valence-electron chi connectivity index (χ1n) is 25.7. The van der Waals surface area contributed by atoms with Gasteiger partial charge in [-0.2, -0.15) is 0 Å². The van der Waals surface area contributed by atoms with Gasteiger partial charge in [0, 0.05) is 6.42 Å². The quantitative estimate of drug-likeness (QED) is 0.0423. The highest BCUT2D eigenvalue weighted by atomic mass is 16.3. The molecule has 3 N–H and O–H groups in total. The standard InChI is InChI=1S/C55H99NO3/c1-3-5-7-9-11-13-15-17-19-21-22-23-24-25-26-27-28-29-30-31-32-33-35-36-38-40-42-44-46-48-50-54(58)53(52-57)56-55(59)51-49-47-45-43-41-39-37-34-20-18-16-14-12-10-8-6-4-2/h6,8,12,14,18,20,33,35,40,42,48,50,53-54,57-58H,3-5,7,9-11,13,15-17,19,21-32,34,36-39,41,43-47,49,51-52H2,1-2H3,(H,56,59)/b8-6-,14-12-,20-18-,35-33+,42-40+,50-48+. The van der Waals surface area contributed by atoms with E-state index >= 15 is 0 Å². The first kappa shape index (κ1) is 56.8. The number of hydrogen-bond donors (Lipinski definition) is 3. The maximum atomic E-state index is 12.4. The van der Waals surface area contributed by atoms with Crippen LogP contribution in [0.4, 0.5) is 0 Å². The summed E-state index contributed by atoms with van der Waals surface area (Å²) in [5.74, 6) is -0.0896. The lowest BCUT2D eigenvalue weighted by atomic mass is 10.0. The van der Waals surface area contributed by atoms with Gasteiger partial charge in [0.1, 0.15) is 0 Å². The summed E-state index contributed by atoms with van der Waals surface area (Å²) in [6.07, 6.45) is 71.9. The number of nitrogens with one attached hydrogen (secondary N) is 1. The van der Waals surface area contributed by atoms with Crippen LogP contribution in [-0.2, 0) is 4.79 Å². The second-order valence-corrected chi connectivity index (χ2v) is 17.2. The van der Waals surface area contributed by atoms with Gasteiger partial charge >= 0.3 is 0 Å². The predicted octanol–water partition coefficient (Wildman–Crippen LogP) is 16.6. The minimum atomic E-state index is -0.879. The molecule has 59 heavy (non-hydrogen) atoms. The number of allylic oxidation sites excluding steroid dienone is 11. The third-order valence-electron chi connectivity index (χ3n) is 11.4. The molecule has 0 aliphatic rings. The predicted molar refractivity (Wildman–Crippen MR) is 262 cm³/mol. The van der Waals surface area contributed by atoms with E-state index in [9.17, 15) is 15.0 Å². The lowest BCUT2D eigenvalue weighted by Crippen LogP contribution is -2.45. The van der Waals surface area contributed by atoms with E-state index in [2.05, 4.69) is 79.9 Å². The highest BCUT2D eigenvalue weighted by molar-refractivity contribution is 5.76.